The summed E-state index contributed by atoms with van der Waals surface area (Å²) >= 11 is 0. The Hall–Kier alpha value is -1.69. The van der Waals surface area contributed by atoms with Gasteiger partial charge in [-0.1, -0.05) is 6.07 Å². The van der Waals surface area contributed by atoms with Crippen molar-refractivity contribution in [3.63, 3.8) is 0 Å². The second-order valence-electron chi connectivity index (χ2n) is 6.05. The van der Waals surface area contributed by atoms with E-state index in [1.54, 1.807) is 4.90 Å². The molecule has 0 bridgehead atoms. The highest BCUT2D eigenvalue weighted by Gasteiger charge is 2.29. The molecule has 2 heterocycles. The van der Waals surface area contributed by atoms with E-state index in [9.17, 15) is 13.6 Å². The molecule has 2 atom stereocenters. The standard InChI is InChI=1S/C16H21F2N3O/c17-13-4-1-5-14(18)15(13)21-8-6-12(10-21)20-16(22)11-3-2-7-19-9-11/h1,4-5,11-12,19H,2-3,6-10H2,(H,20,22). The highest BCUT2D eigenvalue weighted by molar-refractivity contribution is 5.79. The Labute approximate surface area is 128 Å². The van der Waals surface area contributed by atoms with E-state index in [1.807, 2.05) is 0 Å². The Morgan fingerprint density at radius 2 is 2.05 bits per heavy atom. The first-order chi connectivity index (χ1) is 10.6. The lowest BCUT2D eigenvalue weighted by Gasteiger charge is -2.24. The highest BCUT2D eigenvalue weighted by atomic mass is 19.1. The van der Waals surface area contributed by atoms with Crippen molar-refractivity contribution in [2.24, 2.45) is 5.92 Å². The molecule has 0 spiro atoms. The summed E-state index contributed by atoms with van der Waals surface area (Å²) < 4.78 is 27.6. The number of halogens is 2. The van der Waals surface area contributed by atoms with Gasteiger partial charge in [-0.2, -0.15) is 0 Å². The van der Waals surface area contributed by atoms with E-state index >= 15 is 0 Å². The van der Waals surface area contributed by atoms with Crippen LogP contribution in [0.3, 0.4) is 0 Å². The number of amides is 1. The first-order valence-electron chi connectivity index (χ1n) is 7.85. The van der Waals surface area contributed by atoms with Gasteiger partial charge in [0.25, 0.3) is 0 Å². The third-order valence-electron chi connectivity index (χ3n) is 4.46. The van der Waals surface area contributed by atoms with Crippen LogP contribution in [0.1, 0.15) is 19.3 Å². The zero-order valence-electron chi connectivity index (χ0n) is 12.4. The van der Waals surface area contributed by atoms with Crippen molar-refractivity contribution >= 4 is 11.6 Å². The normalized spacial score (nSPS) is 25.3. The largest absolute Gasteiger partial charge is 0.365 e. The summed E-state index contributed by atoms with van der Waals surface area (Å²) in [6.45, 7) is 2.67. The van der Waals surface area contributed by atoms with Crippen LogP contribution in [-0.4, -0.2) is 38.1 Å². The molecular formula is C16H21F2N3O. The molecule has 2 aliphatic rings. The summed E-state index contributed by atoms with van der Waals surface area (Å²) in [4.78, 5) is 13.9. The zero-order chi connectivity index (χ0) is 15.5. The topological polar surface area (TPSA) is 44.4 Å². The van der Waals surface area contributed by atoms with Gasteiger partial charge in [0.1, 0.15) is 17.3 Å². The number of hydrogen-bond acceptors (Lipinski definition) is 3. The molecule has 2 N–H and O–H groups in total. The van der Waals surface area contributed by atoms with Crippen molar-refractivity contribution in [2.45, 2.75) is 25.3 Å². The molecule has 0 aliphatic carbocycles. The molecule has 22 heavy (non-hydrogen) atoms. The molecule has 4 nitrogen and oxygen atoms in total. The number of carbonyl (C=O) groups excluding carboxylic acids is 1. The second-order valence-corrected chi connectivity index (χ2v) is 6.05. The SMILES string of the molecule is O=C(NC1CCN(c2c(F)cccc2F)C1)C1CCCNC1. The van der Waals surface area contributed by atoms with Crippen LogP contribution in [0.25, 0.3) is 0 Å². The van der Waals surface area contributed by atoms with E-state index < -0.39 is 11.6 Å². The molecule has 120 valence electrons. The van der Waals surface area contributed by atoms with Crippen LogP contribution >= 0.6 is 0 Å². The Bertz CT molecular complexity index is 526. The smallest absolute Gasteiger partial charge is 0.224 e. The van der Waals surface area contributed by atoms with Crippen molar-refractivity contribution < 1.29 is 13.6 Å². The fourth-order valence-corrected chi connectivity index (χ4v) is 3.27. The number of nitrogens with one attached hydrogen (secondary N) is 2. The van der Waals surface area contributed by atoms with E-state index in [4.69, 9.17) is 0 Å². The third kappa shape index (κ3) is 3.21. The second kappa shape index (κ2) is 6.60. The molecule has 6 heteroatoms. The lowest BCUT2D eigenvalue weighted by atomic mass is 9.98. The lowest BCUT2D eigenvalue weighted by molar-refractivity contribution is -0.126. The van der Waals surface area contributed by atoms with E-state index in [1.165, 1.54) is 18.2 Å². The number of rotatable bonds is 3. The van der Waals surface area contributed by atoms with Crippen LogP contribution in [-0.2, 0) is 4.79 Å². The molecule has 2 aliphatic heterocycles. The van der Waals surface area contributed by atoms with Gasteiger partial charge in [0.05, 0.1) is 5.92 Å². The molecule has 3 rings (SSSR count). The van der Waals surface area contributed by atoms with Gasteiger partial charge in [-0.05, 0) is 37.9 Å². The maximum atomic E-state index is 13.8. The van der Waals surface area contributed by atoms with Gasteiger partial charge in [-0.25, -0.2) is 8.78 Å². The minimum Gasteiger partial charge on any atom is -0.365 e. The number of hydrogen-bond donors (Lipinski definition) is 2. The molecule has 2 unspecified atom stereocenters. The Morgan fingerprint density at radius 3 is 2.73 bits per heavy atom. The predicted octanol–water partition coefficient (Wildman–Crippen LogP) is 1.66. The minimum atomic E-state index is -0.552. The number of anilines is 1. The molecule has 2 fully saturated rings. The molecule has 2 saturated heterocycles. The van der Waals surface area contributed by atoms with Crippen LogP contribution in [0.2, 0.25) is 0 Å². The van der Waals surface area contributed by atoms with Gasteiger partial charge in [0, 0.05) is 25.7 Å². The first kappa shape index (κ1) is 15.2. The molecule has 1 aromatic rings. The van der Waals surface area contributed by atoms with Gasteiger partial charge in [-0.3, -0.25) is 4.79 Å². The van der Waals surface area contributed by atoms with E-state index in [0.29, 0.717) is 26.1 Å². The van der Waals surface area contributed by atoms with Crippen LogP contribution in [0.4, 0.5) is 14.5 Å². The van der Waals surface area contributed by atoms with Crippen LogP contribution < -0.4 is 15.5 Å². The van der Waals surface area contributed by atoms with Crippen LogP contribution in [0.15, 0.2) is 18.2 Å². The lowest BCUT2D eigenvalue weighted by Crippen LogP contribution is -2.45. The maximum Gasteiger partial charge on any atom is 0.224 e. The molecule has 1 aromatic carbocycles. The summed E-state index contributed by atoms with van der Waals surface area (Å²) in [5.41, 5.74) is 0.0126. The summed E-state index contributed by atoms with van der Waals surface area (Å²) in [5.74, 6) is -1.05. The number of para-hydroxylation sites is 1. The van der Waals surface area contributed by atoms with E-state index in [0.717, 1.165) is 19.4 Å². The van der Waals surface area contributed by atoms with Crippen LogP contribution in [0, 0.1) is 17.6 Å². The van der Waals surface area contributed by atoms with Gasteiger partial charge in [0.2, 0.25) is 5.91 Å². The van der Waals surface area contributed by atoms with Crippen molar-refractivity contribution in [3.8, 4) is 0 Å². The Kier molecular flexibility index (Phi) is 4.57. The number of piperidine rings is 1. The average molecular weight is 309 g/mol. The van der Waals surface area contributed by atoms with Gasteiger partial charge in [0.15, 0.2) is 0 Å². The summed E-state index contributed by atoms with van der Waals surface area (Å²) in [6.07, 6.45) is 2.62. The molecule has 0 saturated carbocycles. The zero-order valence-corrected chi connectivity index (χ0v) is 12.4. The summed E-state index contributed by atoms with van der Waals surface area (Å²) in [6, 6.07) is 3.84. The average Bonchev–Trinajstić information content (AvgIpc) is 2.96. The Morgan fingerprint density at radius 1 is 1.27 bits per heavy atom. The predicted molar refractivity (Wildman–Crippen MR) is 80.7 cm³/mol. The number of carbonyl (C=O) groups is 1. The summed E-state index contributed by atoms with van der Waals surface area (Å²) in [5, 5.41) is 6.24. The van der Waals surface area contributed by atoms with Crippen LogP contribution in [0.5, 0.6) is 0 Å². The van der Waals surface area contributed by atoms with Gasteiger partial charge >= 0.3 is 0 Å². The van der Waals surface area contributed by atoms with E-state index in [2.05, 4.69) is 10.6 Å². The fourth-order valence-electron chi connectivity index (χ4n) is 3.27. The van der Waals surface area contributed by atoms with Crippen molar-refractivity contribution in [3.05, 3.63) is 29.8 Å². The van der Waals surface area contributed by atoms with Gasteiger partial charge in [-0.15, -0.1) is 0 Å². The third-order valence-corrected chi connectivity index (χ3v) is 4.46. The minimum absolute atomic E-state index is 0.00741. The molecule has 1 amide bonds. The molecule has 0 radical (unpaired) electrons. The van der Waals surface area contributed by atoms with Crippen molar-refractivity contribution in [1.29, 1.82) is 0 Å². The summed E-state index contributed by atoms with van der Waals surface area (Å²) in [7, 11) is 0. The Balaban J connectivity index is 1.59. The number of benzene rings is 1. The van der Waals surface area contributed by atoms with Crippen molar-refractivity contribution in [1.82, 2.24) is 10.6 Å². The highest BCUT2D eigenvalue weighted by Crippen LogP contribution is 2.26. The van der Waals surface area contributed by atoms with E-state index in [-0.39, 0.29) is 23.6 Å². The monoisotopic (exact) mass is 309 g/mol. The molecule has 0 aromatic heterocycles. The maximum absolute atomic E-state index is 13.8. The van der Waals surface area contributed by atoms with Gasteiger partial charge < -0.3 is 15.5 Å². The quantitative estimate of drug-likeness (QED) is 0.892. The fraction of sp³-hybridized carbons (Fsp3) is 0.562. The molecular weight excluding hydrogens is 288 g/mol. The van der Waals surface area contributed by atoms with Crippen molar-refractivity contribution in [2.75, 3.05) is 31.1 Å². The number of nitrogens with zero attached hydrogens (tertiary/aromatic N) is 1. The first-order valence-corrected chi connectivity index (χ1v) is 7.85.